The lowest BCUT2D eigenvalue weighted by Crippen LogP contribution is -2.61. The zero-order chi connectivity index (χ0) is 23.1. The largest absolute Gasteiger partial charge is 0.361 e. The van der Waals surface area contributed by atoms with E-state index >= 15 is 0 Å². The molecule has 1 aromatic heterocycles. The Morgan fingerprint density at radius 3 is 2.52 bits per heavy atom. The topological polar surface area (TPSA) is 71.5 Å². The molecule has 1 aliphatic heterocycles. The van der Waals surface area contributed by atoms with Crippen molar-refractivity contribution in [1.82, 2.24) is 15.2 Å². The molecule has 0 spiro atoms. The van der Waals surface area contributed by atoms with Crippen molar-refractivity contribution in [1.29, 1.82) is 0 Å². The number of amides is 2. The average molecular weight is 444 g/mol. The van der Waals surface area contributed by atoms with Crippen molar-refractivity contribution in [3.63, 3.8) is 0 Å². The van der Waals surface area contributed by atoms with Crippen LogP contribution in [0.5, 0.6) is 0 Å². The van der Waals surface area contributed by atoms with Crippen molar-refractivity contribution in [3.05, 3.63) is 90.3 Å². The number of carbonyl (C=O) groups is 2. The molecule has 33 heavy (non-hydrogen) atoms. The first kappa shape index (κ1) is 22.7. The molecule has 2 aromatic carbocycles. The number of hydrogen-bond acceptors (Lipinski definition) is 4. The predicted molar refractivity (Wildman–Crippen MR) is 127 cm³/mol. The third-order valence-electron chi connectivity index (χ3n) is 6.08. The van der Waals surface area contributed by atoms with Gasteiger partial charge in [0.25, 0.3) is 5.91 Å². The first-order valence-corrected chi connectivity index (χ1v) is 11.3. The Kier molecular flexibility index (Phi) is 7.15. The van der Waals surface area contributed by atoms with Crippen LogP contribution in [0, 0.1) is 0 Å². The molecular weight excluding hydrogens is 414 g/mol. The monoisotopic (exact) mass is 443 g/mol. The Bertz CT molecular complexity index is 1090. The van der Waals surface area contributed by atoms with Crippen LogP contribution in [0.15, 0.2) is 79.1 Å². The molecular formula is C27H29N3O3. The predicted octanol–water partition coefficient (Wildman–Crippen LogP) is 3.27. The van der Waals surface area contributed by atoms with Gasteiger partial charge >= 0.3 is 0 Å². The Labute approximate surface area is 194 Å². The molecule has 170 valence electrons. The average Bonchev–Trinajstić information content (AvgIpc) is 2.88. The van der Waals surface area contributed by atoms with Gasteiger partial charge in [-0.2, -0.15) is 0 Å². The van der Waals surface area contributed by atoms with Gasteiger partial charge in [0, 0.05) is 38.8 Å². The SMILES string of the molecule is CNC(=O)[C@@]1(Cc2cccc(-c3ccncc3)c2)CN(C(=O)CCc2ccccc2)CCO1. The summed E-state index contributed by atoms with van der Waals surface area (Å²) in [5.41, 5.74) is 3.10. The normalized spacial score (nSPS) is 18.0. The van der Waals surface area contributed by atoms with Gasteiger partial charge in [0.15, 0.2) is 5.60 Å². The van der Waals surface area contributed by atoms with E-state index in [9.17, 15) is 9.59 Å². The summed E-state index contributed by atoms with van der Waals surface area (Å²) >= 11 is 0. The van der Waals surface area contributed by atoms with Crippen LogP contribution < -0.4 is 5.32 Å². The summed E-state index contributed by atoms with van der Waals surface area (Å²) in [5.74, 6) is -0.168. The molecule has 1 N–H and O–H groups in total. The van der Waals surface area contributed by atoms with Gasteiger partial charge in [-0.3, -0.25) is 14.6 Å². The number of nitrogens with zero attached hydrogens (tertiary/aromatic N) is 2. The fourth-order valence-corrected chi connectivity index (χ4v) is 4.34. The second-order valence-corrected chi connectivity index (χ2v) is 8.34. The number of rotatable bonds is 7. The van der Waals surface area contributed by atoms with Crippen LogP contribution in [-0.4, -0.2) is 54.0 Å². The van der Waals surface area contributed by atoms with Crippen molar-refractivity contribution in [2.45, 2.75) is 24.9 Å². The number of pyridine rings is 1. The molecule has 1 atom stereocenters. The van der Waals surface area contributed by atoms with Crippen molar-refractivity contribution in [3.8, 4) is 11.1 Å². The lowest BCUT2D eigenvalue weighted by molar-refractivity contribution is -0.165. The van der Waals surface area contributed by atoms with E-state index in [4.69, 9.17) is 4.74 Å². The van der Waals surface area contributed by atoms with Crippen molar-refractivity contribution in [2.75, 3.05) is 26.7 Å². The van der Waals surface area contributed by atoms with Crippen LogP contribution in [0.2, 0.25) is 0 Å². The van der Waals surface area contributed by atoms with E-state index in [1.807, 2.05) is 60.7 Å². The smallest absolute Gasteiger partial charge is 0.254 e. The van der Waals surface area contributed by atoms with Crippen LogP contribution in [-0.2, 0) is 27.2 Å². The minimum absolute atomic E-state index is 0.0426. The van der Waals surface area contributed by atoms with E-state index in [2.05, 4.69) is 16.4 Å². The number of carbonyl (C=O) groups excluding carboxylic acids is 2. The highest BCUT2D eigenvalue weighted by Crippen LogP contribution is 2.27. The van der Waals surface area contributed by atoms with Gasteiger partial charge in [0.1, 0.15) is 0 Å². The van der Waals surface area contributed by atoms with Crippen LogP contribution in [0.1, 0.15) is 17.5 Å². The lowest BCUT2D eigenvalue weighted by Gasteiger charge is -2.41. The van der Waals surface area contributed by atoms with Crippen molar-refractivity contribution >= 4 is 11.8 Å². The molecule has 1 fully saturated rings. The fraction of sp³-hybridized carbons (Fsp3) is 0.296. The first-order chi connectivity index (χ1) is 16.1. The molecule has 0 aliphatic carbocycles. The molecule has 0 radical (unpaired) electrons. The number of ether oxygens (including phenoxy) is 1. The number of nitrogens with one attached hydrogen (secondary N) is 1. The molecule has 6 nitrogen and oxygen atoms in total. The first-order valence-electron chi connectivity index (χ1n) is 11.3. The molecule has 1 saturated heterocycles. The van der Waals surface area contributed by atoms with E-state index in [1.54, 1.807) is 24.3 Å². The van der Waals surface area contributed by atoms with E-state index in [0.717, 1.165) is 22.3 Å². The highest BCUT2D eigenvalue weighted by molar-refractivity contribution is 5.87. The van der Waals surface area contributed by atoms with E-state index in [-0.39, 0.29) is 18.4 Å². The van der Waals surface area contributed by atoms with Gasteiger partial charge in [-0.25, -0.2) is 0 Å². The summed E-state index contributed by atoms with van der Waals surface area (Å²) in [7, 11) is 1.61. The minimum Gasteiger partial charge on any atom is -0.361 e. The third kappa shape index (κ3) is 5.46. The summed E-state index contributed by atoms with van der Waals surface area (Å²) in [6.45, 7) is 1.05. The number of hydrogen-bond donors (Lipinski definition) is 1. The Morgan fingerprint density at radius 1 is 1.00 bits per heavy atom. The Hall–Kier alpha value is -3.51. The van der Waals surface area contributed by atoms with E-state index in [1.165, 1.54) is 0 Å². The standard InChI is InChI=1S/C27H29N3O3/c1-28-26(32)27(19-22-8-5-9-24(18-22)23-12-14-29-15-13-23)20-30(16-17-33-27)25(31)11-10-21-6-3-2-4-7-21/h2-9,12-15,18H,10-11,16-17,19-20H2,1H3,(H,28,32)/t27-/m1/s1. The summed E-state index contributed by atoms with van der Waals surface area (Å²) in [6.07, 6.45) is 4.99. The second kappa shape index (κ2) is 10.4. The van der Waals surface area contributed by atoms with Crippen LogP contribution >= 0.6 is 0 Å². The summed E-state index contributed by atoms with van der Waals surface area (Å²) in [6, 6.07) is 22.0. The molecule has 2 heterocycles. The van der Waals surface area contributed by atoms with Gasteiger partial charge in [-0.05, 0) is 40.8 Å². The van der Waals surface area contributed by atoms with Gasteiger partial charge < -0.3 is 15.0 Å². The Balaban J connectivity index is 1.51. The maximum Gasteiger partial charge on any atom is 0.254 e. The Morgan fingerprint density at radius 2 is 1.76 bits per heavy atom. The summed E-state index contributed by atoms with van der Waals surface area (Å²) < 4.78 is 6.10. The number of benzene rings is 2. The van der Waals surface area contributed by atoms with E-state index < -0.39 is 5.60 Å². The number of morpholine rings is 1. The van der Waals surface area contributed by atoms with Gasteiger partial charge in [0.2, 0.25) is 5.91 Å². The maximum absolute atomic E-state index is 13.0. The third-order valence-corrected chi connectivity index (χ3v) is 6.08. The molecule has 2 amide bonds. The molecule has 0 saturated carbocycles. The molecule has 6 heteroatoms. The summed E-state index contributed by atoms with van der Waals surface area (Å²) in [4.78, 5) is 31.9. The van der Waals surface area contributed by atoms with Crippen LogP contribution in [0.3, 0.4) is 0 Å². The quantitative estimate of drug-likeness (QED) is 0.608. The number of aromatic nitrogens is 1. The molecule has 0 unspecified atom stereocenters. The fourth-order valence-electron chi connectivity index (χ4n) is 4.34. The van der Waals surface area contributed by atoms with Crippen LogP contribution in [0.25, 0.3) is 11.1 Å². The highest BCUT2D eigenvalue weighted by atomic mass is 16.5. The number of aryl methyl sites for hydroxylation is 1. The minimum atomic E-state index is -1.12. The van der Waals surface area contributed by atoms with Gasteiger partial charge in [-0.1, -0.05) is 54.6 Å². The van der Waals surface area contributed by atoms with Crippen LogP contribution in [0.4, 0.5) is 0 Å². The van der Waals surface area contributed by atoms with E-state index in [0.29, 0.717) is 32.4 Å². The lowest BCUT2D eigenvalue weighted by atomic mass is 9.89. The molecule has 3 aromatic rings. The molecule has 1 aliphatic rings. The number of likely N-dealkylation sites (N-methyl/N-ethyl adjacent to an activating group) is 1. The molecule has 0 bridgehead atoms. The maximum atomic E-state index is 13.0. The molecule has 4 rings (SSSR count). The van der Waals surface area contributed by atoms with Gasteiger partial charge in [0.05, 0.1) is 13.2 Å². The van der Waals surface area contributed by atoms with Crippen molar-refractivity contribution in [2.24, 2.45) is 0 Å². The second-order valence-electron chi connectivity index (χ2n) is 8.34. The zero-order valence-corrected chi connectivity index (χ0v) is 18.9. The summed E-state index contributed by atoms with van der Waals surface area (Å²) in [5, 5.41) is 2.75. The van der Waals surface area contributed by atoms with Crippen molar-refractivity contribution < 1.29 is 14.3 Å². The zero-order valence-electron chi connectivity index (χ0n) is 18.9. The van der Waals surface area contributed by atoms with Gasteiger partial charge in [-0.15, -0.1) is 0 Å². The highest BCUT2D eigenvalue weighted by Gasteiger charge is 2.44.